The highest BCUT2D eigenvalue weighted by atomic mass is 32.2. The molecule has 146 valence electrons. The van der Waals surface area contributed by atoms with Crippen LogP contribution in [0.15, 0.2) is 71.9 Å². The minimum Gasteiger partial charge on any atom is -0.325 e. The molecule has 0 saturated carbocycles. The Morgan fingerprint density at radius 2 is 1.72 bits per heavy atom. The average molecular weight is 403 g/mol. The van der Waals surface area contributed by atoms with Gasteiger partial charge in [0.2, 0.25) is 5.91 Å². The summed E-state index contributed by atoms with van der Waals surface area (Å²) in [5.74, 6) is 0.735. The molecule has 29 heavy (non-hydrogen) atoms. The van der Waals surface area contributed by atoms with Crippen molar-refractivity contribution in [2.24, 2.45) is 7.05 Å². The average Bonchev–Trinajstić information content (AvgIpc) is 3.08. The minimum atomic E-state index is -0.318. The van der Waals surface area contributed by atoms with Crippen molar-refractivity contribution in [3.63, 3.8) is 0 Å². The van der Waals surface area contributed by atoms with Crippen LogP contribution < -0.4 is 5.32 Å². The second kappa shape index (κ2) is 8.09. The van der Waals surface area contributed by atoms with Crippen LogP contribution in [0, 0.1) is 6.92 Å². The molecule has 3 aromatic carbocycles. The lowest BCUT2D eigenvalue weighted by molar-refractivity contribution is -0.115. The van der Waals surface area contributed by atoms with E-state index < -0.39 is 0 Å². The first-order valence-electron chi connectivity index (χ1n) is 9.45. The predicted molar refractivity (Wildman–Crippen MR) is 119 cm³/mol. The summed E-state index contributed by atoms with van der Waals surface area (Å²) >= 11 is 1.40. The van der Waals surface area contributed by atoms with Gasteiger partial charge in [0.25, 0.3) is 0 Å². The fourth-order valence-electron chi connectivity index (χ4n) is 3.26. The maximum absolute atomic E-state index is 12.8. The van der Waals surface area contributed by atoms with Gasteiger partial charge in [-0.2, -0.15) is 0 Å². The van der Waals surface area contributed by atoms with Crippen LogP contribution in [0.3, 0.4) is 0 Å². The molecule has 4 aromatic rings. The van der Waals surface area contributed by atoms with Gasteiger partial charge in [0.15, 0.2) is 11.0 Å². The van der Waals surface area contributed by atoms with Gasteiger partial charge in [-0.3, -0.25) is 4.79 Å². The number of fused-ring (bicyclic) bond motifs is 1. The Morgan fingerprint density at radius 1 is 1.00 bits per heavy atom. The Hall–Kier alpha value is -3.12. The molecule has 0 saturated heterocycles. The zero-order chi connectivity index (χ0) is 20.4. The molecule has 1 atom stereocenters. The Kier molecular flexibility index (Phi) is 5.36. The highest BCUT2D eigenvalue weighted by Crippen LogP contribution is 2.29. The molecule has 0 unspecified atom stereocenters. The number of thioether (sulfide) groups is 1. The standard InChI is InChI=1S/C23H22N4OS/c1-15-9-4-6-12-18(15)21-25-26-23(27(21)3)29-16(2)22(28)24-20-14-8-11-17-10-5-7-13-19(17)20/h4-14,16H,1-3H3,(H,24,28)/t16-/m0/s1. The lowest BCUT2D eigenvalue weighted by Crippen LogP contribution is -2.23. The number of aromatic nitrogens is 3. The Labute approximate surface area is 174 Å². The summed E-state index contributed by atoms with van der Waals surface area (Å²) < 4.78 is 1.94. The van der Waals surface area contributed by atoms with Gasteiger partial charge in [0.1, 0.15) is 0 Å². The Bertz CT molecular complexity index is 1180. The molecule has 1 amide bonds. The van der Waals surface area contributed by atoms with Crippen molar-refractivity contribution in [3.8, 4) is 11.4 Å². The summed E-state index contributed by atoms with van der Waals surface area (Å²) in [5.41, 5.74) is 3.00. The van der Waals surface area contributed by atoms with Crippen LogP contribution in [0.1, 0.15) is 12.5 Å². The highest BCUT2D eigenvalue weighted by molar-refractivity contribution is 8.00. The first kappa shape index (κ1) is 19.2. The Balaban J connectivity index is 1.52. The maximum Gasteiger partial charge on any atom is 0.237 e. The van der Waals surface area contributed by atoms with E-state index in [-0.39, 0.29) is 11.2 Å². The molecule has 1 N–H and O–H groups in total. The molecule has 0 aliphatic heterocycles. The van der Waals surface area contributed by atoms with Crippen molar-refractivity contribution in [3.05, 3.63) is 72.3 Å². The van der Waals surface area contributed by atoms with Gasteiger partial charge >= 0.3 is 0 Å². The second-order valence-corrected chi connectivity index (χ2v) is 8.26. The topological polar surface area (TPSA) is 59.8 Å². The van der Waals surface area contributed by atoms with Crippen LogP contribution in [0.4, 0.5) is 5.69 Å². The number of carbonyl (C=O) groups excluding carboxylic acids is 1. The van der Waals surface area contributed by atoms with Crippen LogP contribution >= 0.6 is 11.8 Å². The molecule has 5 nitrogen and oxygen atoms in total. The summed E-state index contributed by atoms with van der Waals surface area (Å²) in [6.45, 7) is 3.93. The van der Waals surface area contributed by atoms with Crippen LogP contribution in [0.25, 0.3) is 22.2 Å². The first-order valence-corrected chi connectivity index (χ1v) is 10.3. The van der Waals surface area contributed by atoms with E-state index in [4.69, 9.17) is 0 Å². The summed E-state index contributed by atoms with van der Waals surface area (Å²) in [6.07, 6.45) is 0. The number of rotatable bonds is 5. The normalized spacial score (nSPS) is 12.1. The molecule has 1 aromatic heterocycles. The molecule has 0 fully saturated rings. The van der Waals surface area contributed by atoms with E-state index in [1.807, 2.05) is 79.2 Å². The second-order valence-electron chi connectivity index (χ2n) is 6.96. The number of hydrogen-bond donors (Lipinski definition) is 1. The van der Waals surface area contributed by atoms with E-state index in [2.05, 4.69) is 28.5 Å². The molecule has 6 heteroatoms. The number of benzene rings is 3. The number of aryl methyl sites for hydroxylation is 1. The smallest absolute Gasteiger partial charge is 0.237 e. The van der Waals surface area contributed by atoms with E-state index in [1.54, 1.807) is 0 Å². The third-order valence-electron chi connectivity index (χ3n) is 4.92. The van der Waals surface area contributed by atoms with Gasteiger partial charge < -0.3 is 9.88 Å². The number of nitrogens with one attached hydrogen (secondary N) is 1. The van der Waals surface area contributed by atoms with Crippen molar-refractivity contribution in [1.82, 2.24) is 14.8 Å². The van der Waals surface area contributed by atoms with Crippen LogP contribution in [0.5, 0.6) is 0 Å². The molecule has 0 radical (unpaired) electrons. The molecule has 0 bridgehead atoms. The number of nitrogens with zero attached hydrogens (tertiary/aromatic N) is 3. The maximum atomic E-state index is 12.8. The van der Waals surface area contributed by atoms with Gasteiger partial charge in [-0.1, -0.05) is 72.4 Å². The van der Waals surface area contributed by atoms with E-state index in [0.29, 0.717) is 5.16 Å². The molecule has 4 rings (SSSR count). The van der Waals surface area contributed by atoms with Gasteiger partial charge in [-0.25, -0.2) is 0 Å². The van der Waals surface area contributed by atoms with Crippen molar-refractivity contribution in [2.45, 2.75) is 24.3 Å². The van der Waals surface area contributed by atoms with Crippen molar-refractivity contribution >= 4 is 34.1 Å². The van der Waals surface area contributed by atoms with E-state index in [9.17, 15) is 4.79 Å². The highest BCUT2D eigenvalue weighted by Gasteiger charge is 2.20. The van der Waals surface area contributed by atoms with Crippen LogP contribution in [-0.4, -0.2) is 25.9 Å². The van der Waals surface area contributed by atoms with E-state index in [1.165, 1.54) is 11.8 Å². The SMILES string of the molecule is Cc1ccccc1-c1nnc(S[C@@H](C)C(=O)Nc2cccc3ccccc23)n1C. The van der Waals surface area contributed by atoms with Crippen molar-refractivity contribution < 1.29 is 4.79 Å². The zero-order valence-corrected chi connectivity index (χ0v) is 17.4. The van der Waals surface area contributed by atoms with Crippen molar-refractivity contribution in [2.75, 3.05) is 5.32 Å². The first-order chi connectivity index (χ1) is 14.0. The summed E-state index contributed by atoms with van der Waals surface area (Å²) in [5, 5.41) is 14.2. The van der Waals surface area contributed by atoms with E-state index >= 15 is 0 Å². The van der Waals surface area contributed by atoms with Gasteiger partial charge in [-0.15, -0.1) is 10.2 Å². The fourth-order valence-corrected chi connectivity index (χ4v) is 4.07. The third-order valence-corrected chi connectivity index (χ3v) is 6.05. The van der Waals surface area contributed by atoms with Crippen LogP contribution in [-0.2, 0) is 11.8 Å². The molecule has 1 heterocycles. The number of amides is 1. The molecular formula is C23H22N4OS. The van der Waals surface area contributed by atoms with Crippen molar-refractivity contribution in [1.29, 1.82) is 0 Å². The van der Waals surface area contributed by atoms with Gasteiger partial charge in [0, 0.05) is 23.7 Å². The molecular weight excluding hydrogens is 380 g/mol. The number of anilines is 1. The number of carbonyl (C=O) groups is 1. The monoisotopic (exact) mass is 402 g/mol. The zero-order valence-electron chi connectivity index (χ0n) is 16.6. The molecule has 0 aliphatic rings. The molecule has 0 spiro atoms. The van der Waals surface area contributed by atoms with E-state index in [0.717, 1.165) is 33.4 Å². The predicted octanol–water partition coefficient (Wildman–Crippen LogP) is 5.06. The fraction of sp³-hybridized carbons (Fsp3) is 0.174. The quantitative estimate of drug-likeness (QED) is 0.474. The summed E-state index contributed by atoms with van der Waals surface area (Å²) in [4.78, 5) is 12.8. The third kappa shape index (κ3) is 3.89. The summed E-state index contributed by atoms with van der Waals surface area (Å²) in [6, 6.07) is 22.0. The lowest BCUT2D eigenvalue weighted by Gasteiger charge is -2.13. The van der Waals surface area contributed by atoms with Crippen LogP contribution in [0.2, 0.25) is 0 Å². The largest absolute Gasteiger partial charge is 0.325 e. The lowest BCUT2D eigenvalue weighted by atomic mass is 10.1. The summed E-state index contributed by atoms with van der Waals surface area (Å²) in [7, 11) is 1.93. The van der Waals surface area contributed by atoms with Gasteiger partial charge in [-0.05, 0) is 30.9 Å². The number of hydrogen-bond acceptors (Lipinski definition) is 4. The minimum absolute atomic E-state index is 0.0632. The Morgan fingerprint density at radius 3 is 2.55 bits per heavy atom. The molecule has 0 aliphatic carbocycles. The van der Waals surface area contributed by atoms with Gasteiger partial charge in [0.05, 0.1) is 5.25 Å².